The number of nitrogens with zero attached hydrogens (tertiary/aromatic N) is 3. The van der Waals surface area contributed by atoms with E-state index in [9.17, 15) is 10.1 Å². The van der Waals surface area contributed by atoms with Crippen molar-refractivity contribution in [1.29, 1.82) is 5.26 Å². The van der Waals surface area contributed by atoms with Crippen LogP contribution in [-0.2, 0) is 17.6 Å². The molecule has 0 N–H and O–H groups in total. The van der Waals surface area contributed by atoms with E-state index in [-0.39, 0.29) is 5.91 Å². The molecule has 4 rings (SSSR count). The highest BCUT2D eigenvalue weighted by Gasteiger charge is 2.25. The molecule has 0 saturated carbocycles. The number of rotatable bonds is 4. The first kappa shape index (κ1) is 21.1. The van der Waals surface area contributed by atoms with Gasteiger partial charge in [-0.05, 0) is 68.0 Å². The van der Waals surface area contributed by atoms with Crippen molar-refractivity contribution in [1.82, 2.24) is 4.98 Å². The van der Waals surface area contributed by atoms with Gasteiger partial charge in [-0.15, -0.1) is 11.8 Å². The standard InChI is InChI=1S/C26H25N3OS/c1-17-18(2)22(16-27)26(28-19(17)3)31-15-14-25(30)29-23-10-6-4-8-20(23)12-13-21-9-5-7-11-24(21)29/h4-11H,12-15H2,1-3H3. The Morgan fingerprint density at radius 3 is 2.16 bits per heavy atom. The van der Waals surface area contributed by atoms with Gasteiger partial charge in [-0.25, -0.2) is 4.98 Å². The number of para-hydroxylation sites is 2. The van der Waals surface area contributed by atoms with Crippen molar-refractivity contribution in [3.63, 3.8) is 0 Å². The number of hydrogen-bond acceptors (Lipinski definition) is 4. The van der Waals surface area contributed by atoms with Crippen molar-refractivity contribution >= 4 is 29.0 Å². The van der Waals surface area contributed by atoms with E-state index in [1.165, 1.54) is 22.9 Å². The van der Waals surface area contributed by atoms with Crippen molar-refractivity contribution in [2.45, 2.75) is 45.1 Å². The second kappa shape index (κ2) is 8.95. The quantitative estimate of drug-likeness (QED) is 0.492. The number of carbonyl (C=O) groups excluding carboxylic acids is 1. The van der Waals surface area contributed by atoms with Crippen molar-refractivity contribution in [3.8, 4) is 6.07 Å². The molecule has 156 valence electrons. The summed E-state index contributed by atoms with van der Waals surface area (Å²) in [4.78, 5) is 19.9. The summed E-state index contributed by atoms with van der Waals surface area (Å²) in [7, 11) is 0. The number of aromatic nitrogens is 1. The maximum atomic E-state index is 13.4. The Labute approximate surface area is 187 Å². The van der Waals surface area contributed by atoms with E-state index in [2.05, 4.69) is 23.2 Å². The largest absolute Gasteiger partial charge is 0.280 e. The predicted octanol–water partition coefficient (Wildman–Crippen LogP) is 5.82. The van der Waals surface area contributed by atoms with Crippen LogP contribution in [0.15, 0.2) is 53.6 Å². The van der Waals surface area contributed by atoms with Crippen LogP contribution in [0.2, 0.25) is 0 Å². The molecule has 1 aliphatic rings. The molecule has 5 heteroatoms. The Kier molecular flexibility index (Phi) is 6.11. The van der Waals surface area contributed by atoms with Gasteiger partial charge < -0.3 is 0 Å². The highest BCUT2D eigenvalue weighted by molar-refractivity contribution is 7.99. The number of thioether (sulfide) groups is 1. The molecule has 0 atom stereocenters. The summed E-state index contributed by atoms with van der Waals surface area (Å²) >= 11 is 1.49. The molecule has 31 heavy (non-hydrogen) atoms. The summed E-state index contributed by atoms with van der Waals surface area (Å²) in [6.07, 6.45) is 2.21. The fraction of sp³-hybridized carbons (Fsp3) is 0.269. The monoisotopic (exact) mass is 427 g/mol. The van der Waals surface area contributed by atoms with E-state index >= 15 is 0 Å². The molecule has 2 heterocycles. The van der Waals surface area contributed by atoms with Crippen molar-refractivity contribution in [2.75, 3.05) is 10.7 Å². The SMILES string of the molecule is Cc1nc(SCCC(=O)N2c3ccccc3CCc3ccccc32)c(C#N)c(C)c1C. The van der Waals surface area contributed by atoms with Crippen LogP contribution in [0, 0.1) is 32.1 Å². The van der Waals surface area contributed by atoms with Crippen LogP contribution in [0.3, 0.4) is 0 Å². The molecule has 0 fully saturated rings. The fourth-order valence-electron chi connectivity index (χ4n) is 4.04. The zero-order chi connectivity index (χ0) is 22.0. The molecule has 0 unspecified atom stereocenters. The van der Waals surface area contributed by atoms with Gasteiger partial charge in [0.05, 0.1) is 16.9 Å². The molecular weight excluding hydrogens is 402 g/mol. The Hall–Kier alpha value is -3.10. The zero-order valence-electron chi connectivity index (χ0n) is 18.1. The summed E-state index contributed by atoms with van der Waals surface area (Å²) in [5.41, 5.74) is 7.90. The third kappa shape index (κ3) is 4.08. The minimum atomic E-state index is 0.0633. The number of amides is 1. The lowest BCUT2D eigenvalue weighted by Crippen LogP contribution is -2.27. The zero-order valence-corrected chi connectivity index (χ0v) is 18.9. The molecular formula is C26H25N3OS. The Morgan fingerprint density at radius 1 is 1.00 bits per heavy atom. The first-order valence-electron chi connectivity index (χ1n) is 10.5. The third-order valence-electron chi connectivity index (χ3n) is 6.01. The smallest absolute Gasteiger partial charge is 0.232 e. The number of nitriles is 1. The van der Waals surface area contributed by atoms with E-state index in [1.54, 1.807) is 0 Å². The number of anilines is 2. The summed E-state index contributed by atoms with van der Waals surface area (Å²) in [6.45, 7) is 5.91. The summed E-state index contributed by atoms with van der Waals surface area (Å²) in [6, 6.07) is 18.6. The first-order valence-corrected chi connectivity index (χ1v) is 11.5. The second-order valence-electron chi connectivity index (χ2n) is 7.82. The highest BCUT2D eigenvalue weighted by Crippen LogP contribution is 2.37. The molecule has 3 aromatic rings. The van der Waals surface area contributed by atoms with Crippen LogP contribution in [-0.4, -0.2) is 16.6 Å². The van der Waals surface area contributed by atoms with E-state index in [0.29, 0.717) is 22.8 Å². The molecule has 1 aliphatic heterocycles. The molecule has 4 nitrogen and oxygen atoms in total. The average molecular weight is 428 g/mol. The van der Waals surface area contributed by atoms with Crippen LogP contribution < -0.4 is 4.90 Å². The van der Waals surface area contributed by atoms with Crippen LogP contribution in [0.1, 0.15) is 39.9 Å². The fourth-order valence-corrected chi connectivity index (χ4v) is 5.06. The Bertz CT molecular complexity index is 1150. The first-order chi connectivity index (χ1) is 15.0. The van der Waals surface area contributed by atoms with Crippen LogP contribution in [0.25, 0.3) is 0 Å². The van der Waals surface area contributed by atoms with Gasteiger partial charge in [-0.2, -0.15) is 5.26 Å². The predicted molar refractivity (Wildman–Crippen MR) is 126 cm³/mol. The molecule has 1 aromatic heterocycles. The molecule has 0 saturated heterocycles. The summed E-state index contributed by atoms with van der Waals surface area (Å²) in [5, 5.41) is 10.3. The van der Waals surface area contributed by atoms with Crippen molar-refractivity contribution in [2.24, 2.45) is 0 Å². The lowest BCUT2D eigenvalue weighted by atomic mass is 10.0. The molecule has 1 amide bonds. The molecule has 2 aromatic carbocycles. The van der Waals surface area contributed by atoms with Crippen LogP contribution in [0.5, 0.6) is 0 Å². The lowest BCUT2D eigenvalue weighted by Gasteiger charge is -2.25. The number of aryl methyl sites for hydroxylation is 3. The Morgan fingerprint density at radius 2 is 1.58 bits per heavy atom. The Balaban J connectivity index is 1.59. The molecule has 0 aliphatic carbocycles. The van der Waals surface area contributed by atoms with Gasteiger partial charge in [-0.1, -0.05) is 36.4 Å². The minimum absolute atomic E-state index is 0.0633. The van der Waals surface area contributed by atoms with Crippen molar-refractivity contribution in [3.05, 3.63) is 82.0 Å². The van der Waals surface area contributed by atoms with Gasteiger partial charge in [0, 0.05) is 17.9 Å². The van der Waals surface area contributed by atoms with E-state index in [1.807, 2.05) is 62.1 Å². The van der Waals surface area contributed by atoms with Gasteiger partial charge in [0.2, 0.25) is 5.91 Å². The lowest BCUT2D eigenvalue weighted by molar-refractivity contribution is -0.117. The van der Waals surface area contributed by atoms with E-state index in [0.717, 1.165) is 41.0 Å². The molecule has 0 radical (unpaired) electrons. The maximum absolute atomic E-state index is 13.4. The number of pyridine rings is 1. The summed E-state index contributed by atoms with van der Waals surface area (Å²) in [5.74, 6) is 0.636. The van der Waals surface area contributed by atoms with Gasteiger partial charge in [0.15, 0.2) is 0 Å². The minimum Gasteiger partial charge on any atom is -0.280 e. The number of carbonyl (C=O) groups is 1. The number of benzene rings is 2. The third-order valence-corrected chi connectivity index (χ3v) is 6.99. The maximum Gasteiger partial charge on any atom is 0.232 e. The number of fused-ring (bicyclic) bond motifs is 2. The molecule has 0 bridgehead atoms. The van der Waals surface area contributed by atoms with Gasteiger partial charge in [0.1, 0.15) is 11.1 Å². The average Bonchev–Trinajstić information content (AvgIpc) is 2.94. The van der Waals surface area contributed by atoms with Gasteiger partial charge >= 0.3 is 0 Å². The summed E-state index contributed by atoms with van der Waals surface area (Å²) < 4.78 is 0. The van der Waals surface area contributed by atoms with E-state index < -0.39 is 0 Å². The molecule has 0 spiro atoms. The van der Waals surface area contributed by atoms with Gasteiger partial charge in [0.25, 0.3) is 0 Å². The topological polar surface area (TPSA) is 57.0 Å². The normalized spacial score (nSPS) is 12.5. The van der Waals surface area contributed by atoms with Gasteiger partial charge in [-0.3, -0.25) is 9.69 Å². The number of hydrogen-bond donors (Lipinski definition) is 0. The van der Waals surface area contributed by atoms with Crippen LogP contribution in [0.4, 0.5) is 11.4 Å². The second-order valence-corrected chi connectivity index (χ2v) is 8.91. The van der Waals surface area contributed by atoms with E-state index in [4.69, 9.17) is 0 Å². The van der Waals surface area contributed by atoms with Crippen LogP contribution >= 0.6 is 11.8 Å². The highest BCUT2D eigenvalue weighted by atomic mass is 32.2. The van der Waals surface area contributed by atoms with Crippen molar-refractivity contribution < 1.29 is 4.79 Å².